The lowest BCUT2D eigenvalue weighted by Gasteiger charge is -2.34. The molecule has 3 aliphatic heterocycles. The minimum absolute atomic E-state index is 0.125. The zero-order valence-corrected chi connectivity index (χ0v) is 35.5. The smallest absolute Gasteiger partial charge is 0.407 e. The first-order chi connectivity index (χ1) is 28.8. The second kappa shape index (κ2) is 17.7. The summed E-state index contributed by atoms with van der Waals surface area (Å²) in [4.78, 5) is 73.7. The van der Waals surface area contributed by atoms with Gasteiger partial charge < -0.3 is 49.9 Å². The number of aryl methyl sites for hydroxylation is 2. The van der Waals surface area contributed by atoms with E-state index >= 15 is 0 Å². The number of hydrogen-bond acceptors (Lipinski definition) is 10. The van der Waals surface area contributed by atoms with E-state index in [1.165, 1.54) is 14.2 Å². The molecule has 2 aromatic heterocycles. The zero-order chi connectivity index (χ0) is 42.8. The number of likely N-dealkylation sites (tertiary alicyclic amines) is 2. The molecule has 7 rings (SSSR count). The summed E-state index contributed by atoms with van der Waals surface area (Å²) in [6.45, 7) is 11.5. The third-order valence-electron chi connectivity index (χ3n) is 12.0. The lowest BCUT2D eigenvalue weighted by atomic mass is 9.94. The molecule has 4 amide bonds. The van der Waals surface area contributed by atoms with Gasteiger partial charge in [0.15, 0.2) is 0 Å². The molecule has 2 aromatic carbocycles. The van der Waals surface area contributed by atoms with E-state index in [0.717, 1.165) is 84.4 Å². The summed E-state index contributed by atoms with van der Waals surface area (Å²) >= 11 is 0. The van der Waals surface area contributed by atoms with Gasteiger partial charge in [0.25, 0.3) is 0 Å². The molecule has 16 nitrogen and oxygen atoms in total. The summed E-state index contributed by atoms with van der Waals surface area (Å²) in [5.74, 6) is 0.956. The van der Waals surface area contributed by atoms with Crippen LogP contribution in [0.3, 0.4) is 0 Å². The average Bonchev–Trinajstić information content (AvgIpc) is 4.08. The monoisotopic (exact) mass is 823 g/mol. The van der Waals surface area contributed by atoms with E-state index in [0.29, 0.717) is 30.4 Å². The quantitative estimate of drug-likeness (QED) is 0.109. The van der Waals surface area contributed by atoms with Crippen molar-refractivity contribution in [1.29, 1.82) is 0 Å². The highest BCUT2D eigenvalue weighted by atomic mass is 16.5. The summed E-state index contributed by atoms with van der Waals surface area (Å²) in [5.41, 5.74) is 7.37. The van der Waals surface area contributed by atoms with Gasteiger partial charge in [-0.25, -0.2) is 19.6 Å². The zero-order valence-electron chi connectivity index (χ0n) is 35.5. The van der Waals surface area contributed by atoms with Crippen molar-refractivity contribution < 1.29 is 33.8 Å². The number of anilines is 2. The third kappa shape index (κ3) is 8.36. The first-order valence-corrected chi connectivity index (χ1v) is 20.9. The van der Waals surface area contributed by atoms with Crippen LogP contribution in [0.25, 0.3) is 22.5 Å². The number of rotatable bonds is 11. The van der Waals surface area contributed by atoms with E-state index in [9.17, 15) is 24.3 Å². The number of aromatic hydroxyl groups is 1. The maximum atomic E-state index is 13.7. The minimum Gasteiger partial charge on any atom is -0.506 e. The van der Waals surface area contributed by atoms with Gasteiger partial charge in [0, 0.05) is 36.4 Å². The Labute approximate surface area is 350 Å². The Hall–Kier alpha value is -6.06. The Morgan fingerprint density at radius 2 is 1.28 bits per heavy atom. The van der Waals surface area contributed by atoms with Gasteiger partial charge in [0.1, 0.15) is 29.5 Å². The SMILES string of the molecule is COC(=O)N[C@H](C(=O)N1CCC[C@H]1c1ncc(-c2cc(C)c3c(c2)CCCN3c2cc(-c3cnc([C@@H]4CCCN4C(=O)[C@@H](NC(=O)OC)C(C)C)[nH]3)ccc2O)[nH]1)C(C)C. The number of hydrogen-bond donors (Lipinski definition) is 5. The second-order valence-corrected chi connectivity index (χ2v) is 16.7. The second-order valence-electron chi connectivity index (χ2n) is 16.7. The van der Waals surface area contributed by atoms with Crippen molar-refractivity contribution in [2.24, 2.45) is 11.8 Å². The number of aromatic nitrogens is 4. The van der Waals surface area contributed by atoms with Crippen LogP contribution in [0, 0.1) is 18.8 Å². The van der Waals surface area contributed by atoms with Gasteiger partial charge in [-0.3, -0.25) is 9.59 Å². The number of phenolic OH excluding ortho intramolecular Hbond substituents is 1. The number of ether oxygens (including phenoxy) is 2. The fourth-order valence-electron chi connectivity index (χ4n) is 8.96. The molecule has 16 heteroatoms. The van der Waals surface area contributed by atoms with E-state index in [-0.39, 0.29) is 41.5 Å². The average molecular weight is 824 g/mol. The highest BCUT2D eigenvalue weighted by Crippen LogP contribution is 2.44. The van der Waals surface area contributed by atoms with Crippen LogP contribution in [0.15, 0.2) is 42.7 Å². The van der Waals surface area contributed by atoms with Crippen molar-refractivity contribution in [2.75, 3.05) is 38.8 Å². The Morgan fingerprint density at radius 3 is 1.80 bits per heavy atom. The number of nitrogens with one attached hydrogen (secondary N) is 4. The normalized spacial score (nSPS) is 18.7. The van der Waals surface area contributed by atoms with Gasteiger partial charge in [-0.15, -0.1) is 0 Å². The first kappa shape index (κ1) is 42.1. The number of nitrogens with zero attached hydrogens (tertiary/aromatic N) is 5. The van der Waals surface area contributed by atoms with E-state index in [2.05, 4.69) is 44.6 Å². The Balaban J connectivity index is 1.11. The van der Waals surface area contributed by atoms with E-state index < -0.39 is 24.3 Å². The van der Waals surface area contributed by atoms with Crippen LogP contribution in [0.5, 0.6) is 5.75 Å². The van der Waals surface area contributed by atoms with Crippen molar-refractivity contribution in [3.05, 3.63) is 65.5 Å². The number of aromatic amines is 2. The number of fused-ring (bicyclic) bond motifs is 1. The third-order valence-corrected chi connectivity index (χ3v) is 12.0. The Morgan fingerprint density at radius 1 is 0.750 bits per heavy atom. The summed E-state index contributed by atoms with van der Waals surface area (Å²) in [7, 11) is 2.57. The number of phenols is 1. The molecule has 3 aliphatic rings. The van der Waals surface area contributed by atoms with Gasteiger partial charge >= 0.3 is 12.2 Å². The topological polar surface area (TPSA) is 198 Å². The molecule has 320 valence electrons. The first-order valence-electron chi connectivity index (χ1n) is 20.9. The van der Waals surface area contributed by atoms with Gasteiger partial charge in [-0.1, -0.05) is 27.7 Å². The molecule has 0 bridgehead atoms. The van der Waals surface area contributed by atoms with Crippen molar-refractivity contribution in [3.8, 4) is 28.3 Å². The molecule has 60 heavy (non-hydrogen) atoms. The maximum absolute atomic E-state index is 13.7. The molecule has 0 unspecified atom stereocenters. The van der Waals surface area contributed by atoms with Crippen molar-refractivity contribution >= 4 is 35.4 Å². The highest BCUT2D eigenvalue weighted by Gasteiger charge is 2.39. The lowest BCUT2D eigenvalue weighted by molar-refractivity contribution is -0.136. The summed E-state index contributed by atoms with van der Waals surface area (Å²) in [6.07, 6.45) is 7.19. The van der Waals surface area contributed by atoms with E-state index in [1.54, 1.807) is 17.2 Å². The van der Waals surface area contributed by atoms with Gasteiger partial charge in [0.05, 0.1) is 55.8 Å². The molecular formula is C44H57N9O7. The molecule has 2 fully saturated rings. The molecule has 0 radical (unpaired) electrons. The molecular weight excluding hydrogens is 767 g/mol. The van der Waals surface area contributed by atoms with Crippen molar-refractivity contribution in [1.82, 2.24) is 40.4 Å². The predicted molar refractivity (Wildman–Crippen MR) is 225 cm³/mol. The Kier molecular flexibility index (Phi) is 12.4. The standard InChI is InChI=1S/C44H57N9O7/c1-24(2)36(49-43(57)59-6)41(55)52-17-9-12-32(52)39-45-22-30(47-39)27-14-15-35(54)34(21-27)51-16-8-11-28-20-29(19-26(5)38(28)51)31-23-46-40(48-31)33-13-10-18-53(33)42(56)37(25(3)4)50-44(58)60-7/h14-15,19-25,32-33,36-37,54H,8-13,16-18H2,1-7H3,(H,45,47)(H,46,48)(H,49,57)(H,50,58)/t32-,33-,36-,37-/m0/s1. The van der Waals surface area contributed by atoms with Crippen molar-refractivity contribution in [2.45, 2.75) is 97.3 Å². The number of benzene rings is 2. The summed E-state index contributed by atoms with van der Waals surface area (Å²) in [5, 5.41) is 16.7. The molecule has 0 aliphatic carbocycles. The fourth-order valence-corrected chi connectivity index (χ4v) is 8.96. The number of H-pyrrole nitrogens is 2. The van der Waals surface area contributed by atoms with Crippen LogP contribution in [0.1, 0.15) is 94.7 Å². The molecule has 0 saturated carbocycles. The molecule has 5 heterocycles. The number of carbonyl (C=O) groups excluding carboxylic acids is 4. The Bertz CT molecular complexity index is 2230. The number of alkyl carbamates (subject to hydrolysis) is 2. The largest absolute Gasteiger partial charge is 0.506 e. The van der Waals surface area contributed by atoms with E-state index in [4.69, 9.17) is 19.4 Å². The molecule has 2 saturated heterocycles. The number of amides is 4. The molecule has 4 atom stereocenters. The molecule has 0 spiro atoms. The van der Waals surface area contributed by atoms with Crippen LogP contribution in [-0.2, 0) is 25.5 Å². The number of imidazole rings is 2. The van der Waals surface area contributed by atoms with Crippen LogP contribution in [0.4, 0.5) is 21.0 Å². The lowest BCUT2D eigenvalue weighted by Crippen LogP contribution is -2.51. The van der Waals surface area contributed by atoms with E-state index in [1.807, 2.05) is 50.9 Å². The van der Waals surface area contributed by atoms with Gasteiger partial charge in [-0.2, -0.15) is 0 Å². The van der Waals surface area contributed by atoms with Crippen LogP contribution >= 0.6 is 0 Å². The van der Waals surface area contributed by atoms with Crippen LogP contribution in [0.2, 0.25) is 0 Å². The highest BCUT2D eigenvalue weighted by molar-refractivity contribution is 5.87. The van der Waals surface area contributed by atoms with Gasteiger partial charge in [-0.05, 0) is 98.7 Å². The van der Waals surface area contributed by atoms with Crippen LogP contribution < -0.4 is 15.5 Å². The fraction of sp³-hybridized carbons (Fsp3) is 0.500. The predicted octanol–water partition coefficient (Wildman–Crippen LogP) is 6.65. The maximum Gasteiger partial charge on any atom is 0.407 e. The van der Waals surface area contributed by atoms with Crippen LogP contribution in [-0.4, -0.2) is 105 Å². The number of methoxy groups -OCH3 is 2. The minimum atomic E-state index is -0.724. The number of carbonyl (C=O) groups is 4. The summed E-state index contributed by atoms with van der Waals surface area (Å²) in [6, 6.07) is 7.90. The molecule has 4 aromatic rings. The van der Waals surface area contributed by atoms with Crippen molar-refractivity contribution in [3.63, 3.8) is 0 Å². The van der Waals surface area contributed by atoms with Gasteiger partial charge in [0.2, 0.25) is 11.8 Å². The summed E-state index contributed by atoms with van der Waals surface area (Å²) < 4.78 is 9.56. The molecule has 5 N–H and O–H groups in total.